The van der Waals surface area contributed by atoms with Crippen molar-refractivity contribution in [2.45, 2.75) is 22.2 Å². The van der Waals surface area contributed by atoms with Crippen LogP contribution in [-0.4, -0.2) is 10.2 Å². The molecule has 1 aromatic carbocycles. The van der Waals surface area contributed by atoms with Gasteiger partial charge in [0.15, 0.2) is 4.34 Å². The second kappa shape index (κ2) is 4.74. The first kappa shape index (κ1) is 10.6. The van der Waals surface area contributed by atoms with Crippen LogP contribution in [0, 0.1) is 0 Å². The van der Waals surface area contributed by atoms with Crippen LogP contribution in [0.2, 0.25) is 0 Å². The monoisotopic (exact) mass is 237 g/mol. The van der Waals surface area contributed by atoms with Crippen LogP contribution in [-0.2, 0) is 0 Å². The average Bonchev–Trinajstić information content (AvgIpc) is 2.71. The molecule has 1 aromatic heterocycles. The van der Waals surface area contributed by atoms with Crippen molar-refractivity contribution in [1.82, 2.24) is 10.2 Å². The highest BCUT2D eigenvalue weighted by Gasteiger charge is 2.08. The topological polar surface area (TPSA) is 51.8 Å². The van der Waals surface area contributed by atoms with E-state index in [1.54, 1.807) is 17.3 Å². The minimum Gasteiger partial charge on any atom is -0.324 e. The zero-order valence-corrected chi connectivity index (χ0v) is 9.89. The van der Waals surface area contributed by atoms with Gasteiger partial charge < -0.3 is 5.73 Å². The van der Waals surface area contributed by atoms with E-state index in [1.165, 1.54) is 11.3 Å². The zero-order chi connectivity index (χ0) is 10.7. The fourth-order valence-electron chi connectivity index (χ4n) is 1.25. The number of hydrogen-bond donors (Lipinski definition) is 1. The number of nitrogens with zero attached hydrogens (tertiary/aromatic N) is 2. The van der Waals surface area contributed by atoms with E-state index in [9.17, 15) is 0 Å². The second-order valence-electron chi connectivity index (χ2n) is 3.13. The molecule has 2 N–H and O–H groups in total. The molecule has 0 saturated heterocycles. The van der Waals surface area contributed by atoms with Gasteiger partial charge in [0.2, 0.25) is 0 Å². The first-order valence-electron chi connectivity index (χ1n) is 4.56. The van der Waals surface area contributed by atoms with E-state index in [0.717, 1.165) is 14.8 Å². The molecule has 0 aliphatic heterocycles. The lowest BCUT2D eigenvalue weighted by Gasteiger charge is -2.10. The Labute approximate surface area is 96.7 Å². The Balaban J connectivity index is 2.28. The fraction of sp³-hybridized carbons (Fsp3) is 0.200. The molecule has 2 aromatic rings. The molecule has 0 saturated carbocycles. The molecule has 0 amide bonds. The molecule has 0 aliphatic carbocycles. The van der Waals surface area contributed by atoms with E-state index in [4.69, 9.17) is 5.73 Å². The third kappa shape index (κ3) is 2.56. The van der Waals surface area contributed by atoms with Gasteiger partial charge in [0.25, 0.3) is 0 Å². The van der Waals surface area contributed by atoms with Crippen LogP contribution in [0.25, 0.3) is 0 Å². The van der Waals surface area contributed by atoms with Gasteiger partial charge in [0.1, 0.15) is 5.51 Å². The van der Waals surface area contributed by atoms with Crippen LogP contribution in [0.3, 0.4) is 0 Å². The highest BCUT2D eigenvalue weighted by molar-refractivity contribution is 8.01. The number of aromatic nitrogens is 2. The Morgan fingerprint density at radius 1 is 1.40 bits per heavy atom. The second-order valence-corrected chi connectivity index (χ2v) is 5.26. The number of rotatable bonds is 3. The number of hydrogen-bond acceptors (Lipinski definition) is 5. The molecule has 0 spiro atoms. The third-order valence-electron chi connectivity index (χ3n) is 1.95. The molecular weight excluding hydrogens is 226 g/mol. The smallest absolute Gasteiger partial charge is 0.178 e. The van der Waals surface area contributed by atoms with E-state index in [1.807, 2.05) is 25.1 Å². The average molecular weight is 237 g/mol. The van der Waals surface area contributed by atoms with E-state index in [-0.39, 0.29) is 6.04 Å². The van der Waals surface area contributed by atoms with Crippen LogP contribution >= 0.6 is 23.1 Å². The molecule has 15 heavy (non-hydrogen) atoms. The molecule has 2 rings (SSSR count). The van der Waals surface area contributed by atoms with Gasteiger partial charge in [-0.3, -0.25) is 0 Å². The number of benzene rings is 1. The Kier molecular flexibility index (Phi) is 3.35. The summed E-state index contributed by atoms with van der Waals surface area (Å²) in [6.45, 7) is 1.99. The van der Waals surface area contributed by atoms with Gasteiger partial charge in [-0.25, -0.2) is 0 Å². The maximum Gasteiger partial charge on any atom is 0.178 e. The lowest BCUT2D eigenvalue weighted by Crippen LogP contribution is -2.05. The van der Waals surface area contributed by atoms with Crippen molar-refractivity contribution in [2.24, 2.45) is 5.73 Å². The predicted molar refractivity (Wildman–Crippen MR) is 63.1 cm³/mol. The molecule has 1 heterocycles. The van der Waals surface area contributed by atoms with Gasteiger partial charge in [-0.1, -0.05) is 41.3 Å². The van der Waals surface area contributed by atoms with Gasteiger partial charge >= 0.3 is 0 Å². The first-order chi connectivity index (χ1) is 7.27. The minimum atomic E-state index is 0.0432. The van der Waals surface area contributed by atoms with Gasteiger partial charge in [0.05, 0.1) is 0 Å². The largest absolute Gasteiger partial charge is 0.324 e. The highest BCUT2D eigenvalue weighted by Crippen LogP contribution is 2.32. The summed E-state index contributed by atoms with van der Waals surface area (Å²) in [7, 11) is 0. The lowest BCUT2D eigenvalue weighted by atomic mass is 10.1. The molecule has 5 heteroatoms. The Bertz CT molecular complexity index is 426. The van der Waals surface area contributed by atoms with Crippen molar-refractivity contribution in [2.75, 3.05) is 0 Å². The quantitative estimate of drug-likeness (QED) is 0.891. The molecule has 0 fully saturated rings. The number of nitrogens with two attached hydrogens (primary N) is 1. The lowest BCUT2D eigenvalue weighted by molar-refractivity contribution is 0.797. The standard InChI is InChI=1S/C10H11N3S2/c1-7(11)8-4-2-3-5-9(8)15-10-13-12-6-14-10/h2-7H,11H2,1H3/t7-/m0/s1. The van der Waals surface area contributed by atoms with E-state index >= 15 is 0 Å². The van der Waals surface area contributed by atoms with Gasteiger partial charge in [-0.05, 0) is 18.6 Å². The molecule has 0 bridgehead atoms. The van der Waals surface area contributed by atoms with E-state index in [2.05, 4.69) is 16.3 Å². The summed E-state index contributed by atoms with van der Waals surface area (Å²) in [5.41, 5.74) is 8.78. The Hall–Kier alpha value is -0.910. The van der Waals surface area contributed by atoms with Crippen molar-refractivity contribution < 1.29 is 0 Å². The molecule has 0 unspecified atom stereocenters. The maximum atomic E-state index is 5.90. The Morgan fingerprint density at radius 2 is 2.20 bits per heavy atom. The van der Waals surface area contributed by atoms with Crippen LogP contribution in [0.1, 0.15) is 18.5 Å². The summed E-state index contributed by atoms with van der Waals surface area (Å²) in [4.78, 5) is 1.16. The van der Waals surface area contributed by atoms with Crippen molar-refractivity contribution in [3.8, 4) is 0 Å². The normalized spacial score (nSPS) is 12.7. The fourth-order valence-corrected chi connectivity index (χ4v) is 2.92. The predicted octanol–water partition coefficient (Wildman–Crippen LogP) is 2.71. The summed E-state index contributed by atoms with van der Waals surface area (Å²) in [6, 6.07) is 8.17. The van der Waals surface area contributed by atoms with E-state index in [0.29, 0.717) is 0 Å². The van der Waals surface area contributed by atoms with Crippen molar-refractivity contribution >= 4 is 23.1 Å². The Morgan fingerprint density at radius 3 is 2.87 bits per heavy atom. The highest BCUT2D eigenvalue weighted by atomic mass is 32.2. The molecule has 0 radical (unpaired) electrons. The molecule has 0 aliphatic rings. The van der Waals surface area contributed by atoms with Crippen LogP contribution in [0.15, 0.2) is 39.0 Å². The van der Waals surface area contributed by atoms with Crippen molar-refractivity contribution in [3.63, 3.8) is 0 Å². The molecule has 1 atom stereocenters. The summed E-state index contributed by atoms with van der Waals surface area (Å²) < 4.78 is 0.947. The first-order valence-corrected chi connectivity index (χ1v) is 6.25. The SMILES string of the molecule is C[C@H](N)c1ccccc1Sc1nncs1. The zero-order valence-electron chi connectivity index (χ0n) is 8.25. The van der Waals surface area contributed by atoms with Crippen LogP contribution in [0.4, 0.5) is 0 Å². The molecular formula is C10H11N3S2. The van der Waals surface area contributed by atoms with Crippen molar-refractivity contribution in [1.29, 1.82) is 0 Å². The third-order valence-corrected chi connectivity index (χ3v) is 3.82. The summed E-state index contributed by atoms with van der Waals surface area (Å²) in [6.07, 6.45) is 0. The van der Waals surface area contributed by atoms with Crippen LogP contribution < -0.4 is 5.73 Å². The minimum absolute atomic E-state index is 0.0432. The van der Waals surface area contributed by atoms with Gasteiger partial charge in [-0.2, -0.15) is 0 Å². The van der Waals surface area contributed by atoms with Gasteiger partial charge in [0, 0.05) is 10.9 Å². The summed E-state index contributed by atoms with van der Waals surface area (Å²) >= 11 is 3.15. The molecule has 3 nitrogen and oxygen atoms in total. The van der Waals surface area contributed by atoms with E-state index < -0.39 is 0 Å². The summed E-state index contributed by atoms with van der Waals surface area (Å²) in [5.74, 6) is 0. The van der Waals surface area contributed by atoms with Crippen LogP contribution in [0.5, 0.6) is 0 Å². The van der Waals surface area contributed by atoms with Crippen molar-refractivity contribution in [3.05, 3.63) is 35.3 Å². The maximum absolute atomic E-state index is 5.90. The van der Waals surface area contributed by atoms with Gasteiger partial charge in [-0.15, -0.1) is 10.2 Å². The summed E-state index contributed by atoms with van der Waals surface area (Å²) in [5, 5.41) is 7.81. The molecule has 78 valence electrons.